The van der Waals surface area contributed by atoms with E-state index in [-0.39, 0.29) is 10.8 Å². The second-order valence-electron chi connectivity index (χ2n) is 4.30. The van der Waals surface area contributed by atoms with Crippen molar-refractivity contribution in [3.05, 3.63) is 28.0 Å². The summed E-state index contributed by atoms with van der Waals surface area (Å²) in [6.45, 7) is 0. The molecule has 0 aliphatic heterocycles. The molecule has 1 aromatic heterocycles. The number of anilines is 1. The van der Waals surface area contributed by atoms with E-state index >= 15 is 0 Å². The molecule has 1 amide bonds. The smallest absolute Gasteiger partial charge is 0.348 e. The lowest BCUT2D eigenvalue weighted by Gasteiger charge is -2.12. The third kappa shape index (κ3) is 3.20. The van der Waals surface area contributed by atoms with Gasteiger partial charge in [-0.15, -0.1) is 11.3 Å². The Hall–Kier alpha value is -1.62. The Morgan fingerprint density at radius 3 is 2.89 bits per heavy atom. The van der Waals surface area contributed by atoms with Crippen LogP contribution in [0.25, 0.3) is 0 Å². The molecule has 18 heavy (non-hydrogen) atoms. The maximum Gasteiger partial charge on any atom is 0.348 e. The van der Waals surface area contributed by atoms with Gasteiger partial charge < -0.3 is 10.4 Å². The van der Waals surface area contributed by atoms with Gasteiger partial charge in [0.1, 0.15) is 4.88 Å². The number of hydrogen-bond donors (Lipinski definition) is 2. The minimum absolute atomic E-state index is 0.135. The van der Waals surface area contributed by atoms with Gasteiger partial charge in [0.05, 0.1) is 5.69 Å². The number of carbonyl (C=O) groups is 2. The number of allylic oxidation sites excluding steroid dienone is 1. The van der Waals surface area contributed by atoms with Crippen molar-refractivity contribution >= 4 is 28.9 Å². The number of nitrogens with one attached hydrogen (secondary N) is 1. The summed E-state index contributed by atoms with van der Waals surface area (Å²) in [7, 11) is 0. The van der Waals surface area contributed by atoms with Crippen LogP contribution < -0.4 is 5.32 Å². The molecule has 1 aliphatic carbocycles. The second kappa shape index (κ2) is 5.82. The molecule has 1 aliphatic rings. The first-order valence-corrected chi connectivity index (χ1v) is 6.83. The highest BCUT2D eigenvalue weighted by Gasteiger charge is 2.15. The Bertz CT molecular complexity index is 490. The fourth-order valence-electron chi connectivity index (χ4n) is 2.04. The van der Waals surface area contributed by atoms with Crippen LogP contribution >= 0.6 is 11.3 Å². The summed E-state index contributed by atoms with van der Waals surface area (Å²) in [6, 6.07) is 1.63. The van der Waals surface area contributed by atoms with E-state index in [1.807, 2.05) is 0 Å². The maximum absolute atomic E-state index is 11.8. The SMILES string of the molecule is O=C(CC1=CCCCC1)Nc1ccsc1C(=O)O. The van der Waals surface area contributed by atoms with E-state index < -0.39 is 5.97 Å². The topological polar surface area (TPSA) is 66.4 Å². The lowest BCUT2D eigenvalue weighted by atomic mass is 9.97. The molecule has 0 unspecified atom stereocenters. The highest BCUT2D eigenvalue weighted by Crippen LogP contribution is 2.24. The zero-order chi connectivity index (χ0) is 13.0. The van der Waals surface area contributed by atoms with Crippen molar-refractivity contribution in [1.82, 2.24) is 0 Å². The lowest BCUT2D eigenvalue weighted by Crippen LogP contribution is -2.14. The molecule has 0 saturated heterocycles. The Morgan fingerprint density at radius 1 is 1.39 bits per heavy atom. The summed E-state index contributed by atoms with van der Waals surface area (Å²) in [5.41, 5.74) is 1.56. The molecule has 0 aromatic carbocycles. The van der Waals surface area contributed by atoms with E-state index in [4.69, 9.17) is 5.11 Å². The van der Waals surface area contributed by atoms with Gasteiger partial charge >= 0.3 is 5.97 Å². The maximum atomic E-state index is 11.8. The molecular formula is C13H15NO3S. The van der Waals surface area contributed by atoms with Crippen molar-refractivity contribution in [2.75, 3.05) is 5.32 Å². The second-order valence-corrected chi connectivity index (χ2v) is 5.22. The Morgan fingerprint density at radius 2 is 2.22 bits per heavy atom. The number of carboxylic acids is 1. The average Bonchev–Trinajstić information content (AvgIpc) is 2.78. The van der Waals surface area contributed by atoms with Crippen LogP contribution in [-0.2, 0) is 4.79 Å². The Kier molecular flexibility index (Phi) is 4.15. The predicted molar refractivity (Wildman–Crippen MR) is 71.1 cm³/mol. The average molecular weight is 265 g/mol. The molecule has 1 heterocycles. The Labute approximate surface area is 109 Å². The highest BCUT2D eigenvalue weighted by atomic mass is 32.1. The third-order valence-electron chi connectivity index (χ3n) is 2.91. The molecule has 4 nitrogen and oxygen atoms in total. The van der Waals surface area contributed by atoms with Gasteiger partial charge in [-0.25, -0.2) is 4.79 Å². The normalized spacial score (nSPS) is 15.0. The molecule has 0 saturated carbocycles. The van der Waals surface area contributed by atoms with Gasteiger partial charge in [0.25, 0.3) is 0 Å². The molecule has 0 spiro atoms. The zero-order valence-electron chi connectivity index (χ0n) is 9.94. The van der Waals surface area contributed by atoms with Gasteiger partial charge in [-0.2, -0.15) is 0 Å². The van der Waals surface area contributed by atoms with Crippen LogP contribution in [0.5, 0.6) is 0 Å². The first-order valence-electron chi connectivity index (χ1n) is 5.95. The van der Waals surface area contributed by atoms with E-state index in [1.165, 1.54) is 6.42 Å². The molecule has 2 rings (SSSR count). The minimum Gasteiger partial charge on any atom is -0.477 e. The van der Waals surface area contributed by atoms with Gasteiger partial charge in [0.2, 0.25) is 5.91 Å². The molecular weight excluding hydrogens is 250 g/mol. The van der Waals surface area contributed by atoms with E-state index in [0.717, 1.165) is 36.2 Å². The van der Waals surface area contributed by atoms with Crippen molar-refractivity contribution in [2.45, 2.75) is 32.1 Å². The number of carbonyl (C=O) groups excluding carboxylic acids is 1. The summed E-state index contributed by atoms with van der Waals surface area (Å²) in [5.74, 6) is -1.14. The molecule has 96 valence electrons. The fraction of sp³-hybridized carbons (Fsp3) is 0.385. The third-order valence-corrected chi connectivity index (χ3v) is 3.81. The number of aromatic carboxylic acids is 1. The Balaban J connectivity index is 1.96. The van der Waals surface area contributed by atoms with Crippen LogP contribution in [0.4, 0.5) is 5.69 Å². The van der Waals surface area contributed by atoms with Gasteiger partial charge in [-0.1, -0.05) is 11.6 Å². The highest BCUT2D eigenvalue weighted by molar-refractivity contribution is 7.12. The van der Waals surface area contributed by atoms with Crippen LogP contribution in [0.1, 0.15) is 41.8 Å². The number of amides is 1. The summed E-state index contributed by atoms with van der Waals surface area (Å²) in [6.07, 6.45) is 6.84. The number of rotatable bonds is 4. The van der Waals surface area contributed by atoms with E-state index in [9.17, 15) is 9.59 Å². The number of carboxylic acid groups (broad SMARTS) is 1. The first kappa shape index (κ1) is 12.8. The quantitative estimate of drug-likeness (QED) is 0.821. The fourth-order valence-corrected chi connectivity index (χ4v) is 2.73. The largest absolute Gasteiger partial charge is 0.477 e. The zero-order valence-corrected chi connectivity index (χ0v) is 10.8. The van der Waals surface area contributed by atoms with Crippen molar-refractivity contribution in [2.24, 2.45) is 0 Å². The molecule has 5 heteroatoms. The van der Waals surface area contributed by atoms with Gasteiger partial charge in [-0.05, 0) is 37.1 Å². The first-order chi connectivity index (χ1) is 8.66. The molecule has 2 N–H and O–H groups in total. The van der Waals surface area contributed by atoms with Crippen LogP contribution in [0, 0.1) is 0 Å². The van der Waals surface area contributed by atoms with Gasteiger partial charge in [0, 0.05) is 6.42 Å². The molecule has 0 radical (unpaired) electrons. The van der Waals surface area contributed by atoms with E-state index in [1.54, 1.807) is 11.4 Å². The summed E-state index contributed by atoms with van der Waals surface area (Å²) in [4.78, 5) is 22.9. The predicted octanol–water partition coefficient (Wildman–Crippen LogP) is 3.28. The van der Waals surface area contributed by atoms with Crippen LogP contribution in [-0.4, -0.2) is 17.0 Å². The summed E-state index contributed by atoms with van der Waals surface area (Å²) in [5, 5.41) is 13.3. The summed E-state index contributed by atoms with van der Waals surface area (Å²) < 4.78 is 0. The van der Waals surface area contributed by atoms with Crippen molar-refractivity contribution in [3.63, 3.8) is 0 Å². The molecule has 1 aromatic rings. The molecule has 0 bridgehead atoms. The van der Waals surface area contributed by atoms with Gasteiger partial charge in [-0.3, -0.25) is 4.79 Å². The number of thiophene rings is 1. The number of hydrogen-bond acceptors (Lipinski definition) is 3. The summed E-state index contributed by atoms with van der Waals surface area (Å²) >= 11 is 1.12. The van der Waals surface area contributed by atoms with Crippen LogP contribution in [0.2, 0.25) is 0 Å². The lowest BCUT2D eigenvalue weighted by molar-refractivity contribution is -0.115. The monoisotopic (exact) mass is 265 g/mol. The van der Waals surface area contributed by atoms with Crippen molar-refractivity contribution in [3.8, 4) is 0 Å². The van der Waals surface area contributed by atoms with Crippen molar-refractivity contribution < 1.29 is 14.7 Å². The van der Waals surface area contributed by atoms with Crippen LogP contribution in [0.3, 0.4) is 0 Å². The van der Waals surface area contributed by atoms with Crippen LogP contribution in [0.15, 0.2) is 23.1 Å². The molecule has 0 atom stereocenters. The molecule has 0 fully saturated rings. The minimum atomic E-state index is -1.00. The van der Waals surface area contributed by atoms with Crippen molar-refractivity contribution in [1.29, 1.82) is 0 Å². The van der Waals surface area contributed by atoms with E-state index in [2.05, 4.69) is 11.4 Å². The van der Waals surface area contributed by atoms with Gasteiger partial charge in [0.15, 0.2) is 0 Å². The van der Waals surface area contributed by atoms with E-state index in [0.29, 0.717) is 12.1 Å². The standard InChI is InChI=1S/C13H15NO3S/c15-11(8-9-4-2-1-3-5-9)14-10-6-7-18-12(10)13(16)17/h4,6-7H,1-3,5,8H2,(H,14,15)(H,16,17).